The highest BCUT2D eigenvalue weighted by Crippen LogP contribution is 2.44. The number of hydrogen-bond donors (Lipinski definition) is 1. The van der Waals surface area contributed by atoms with Crippen LogP contribution in [-0.2, 0) is 10.0 Å². The first kappa shape index (κ1) is 20.3. The molecule has 1 aliphatic rings. The molecule has 1 aromatic carbocycles. The van der Waals surface area contributed by atoms with Gasteiger partial charge in [0.1, 0.15) is 4.83 Å². The van der Waals surface area contributed by atoms with Crippen molar-refractivity contribution in [3.8, 4) is 11.1 Å². The maximum absolute atomic E-state index is 13.5. The first-order valence-corrected chi connectivity index (χ1v) is 12.2. The molecule has 1 N–H and O–H groups in total. The molecule has 7 heteroatoms. The summed E-state index contributed by atoms with van der Waals surface area (Å²) in [5.41, 5.74) is 2.96. The van der Waals surface area contributed by atoms with Crippen LogP contribution in [0.1, 0.15) is 50.9 Å². The van der Waals surface area contributed by atoms with Gasteiger partial charge >= 0.3 is 0 Å². The van der Waals surface area contributed by atoms with E-state index in [1.165, 1.54) is 11.3 Å². The standard InChI is InChI=1S/C22H26N2O3S2/c1-14-13-28-18-12-17(19(21(25)24(14)18)15-8-6-5-7-9-15)20(16-10-11-16)23-29(26,27)22(2,3)4/h5-9,12-13,16,20,23H,10-11H2,1-4H3. The highest BCUT2D eigenvalue weighted by Gasteiger charge is 2.40. The lowest BCUT2D eigenvalue weighted by Crippen LogP contribution is -2.42. The number of thiazole rings is 1. The molecule has 0 aliphatic heterocycles. The first-order chi connectivity index (χ1) is 13.6. The van der Waals surface area contributed by atoms with Crippen LogP contribution in [0, 0.1) is 12.8 Å². The van der Waals surface area contributed by atoms with E-state index in [0.717, 1.165) is 34.5 Å². The van der Waals surface area contributed by atoms with Gasteiger partial charge in [-0.1, -0.05) is 30.3 Å². The number of benzene rings is 1. The predicted molar refractivity (Wildman–Crippen MR) is 119 cm³/mol. The lowest BCUT2D eigenvalue weighted by atomic mass is 9.94. The van der Waals surface area contributed by atoms with Crippen molar-refractivity contribution >= 4 is 26.2 Å². The number of pyridine rings is 1. The summed E-state index contributed by atoms with van der Waals surface area (Å²) >= 11 is 1.50. The van der Waals surface area contributed by atoms with Crippen LogP contribution in [0.25, 0.3) is 16.0 Å². The average Bonchev–Trinajstić information content (AvgIpc) is 3.42. The molecule has 1 fully saturated rings. The van der Waals surface area contributed by atoms with Crippen molar-refractivity contribution in [3.63, 3.8) is 0 Å². The Morgan fingerprint density at radius 2 is 1.83 bits per heavy atom. The van der Waals surface area contributed by atoms with Crippen LogP contribution in [0.3, 0.4) is 0 Å². The number of aryl methyl sites for hydroxylation is 1. The molecule has 154 valence electrons. The number of sulfonamides is 1. The fraction of sp³-hybridized carbons (Fsp3) is 0.409. The normalized spacial score (nSPS) is 16.3. The molecule has 4 rings (SSSR count). The van der Waals surface area contributed by atoms with E-state index in [9.17, 15) is 13.2 Å². The second kappa shape index (κ2) is 7.07. The predicted octanol–water partition coefficient (Wildman–Crippen LogP) is 4.51. The molecular weight excluding hydrogens is 404 g/mol. The van der Waals surface area contributed by atoms with Crippen molar-refractivity contribution in [3.05, 3.63) is 63.4 Å². The smallest absolute Gasteiger partial charge is 0.264 e. The van der Waals surface area contributed by atoms with E-state index in [2.05, 4.69) is 4.72 Å². The molecule has 1 saturated carbocycles. The molecule has 0 amide bonds. The zero-order chi connectivity index (χ0) is 21.0. The Hall–Kier alpha value is -1.96. The van der Waals surface area contributed by atoms with E-state index in [1.807, 2.05) is 48.7 Å². The second-order valence-corrected chi connectivity index (χ2v) is 12.1. The van der Waals surface area contributed by atoms with Crippen LogP contribution in [0.15, 0.2) is 46.6 Å². The molecule has 0 saturated heterocycles. The zero-order valence-electron chi connectivity index (χ0n) is 17.1. The summed E-state index contributed by atoms with van der Waals surface area (Å²) < 4.78 is 29.7. The van der Waals surface area contributed by atoms with Gasteiger partial charge in [0.25, 0.3) is 5.56 Å². The van der Waals surface area contributed by atoms with E-state index in [0.29, 0.717) is 5.56 Å². The second-order valence-electron chi connectivity index (χ2n) is 8.75. The quantitative estimate of drug-likeness (QED) is 0.648. The summed E-state index contributed by atoms with van der Waals surface area (Å²) in [5, 5.41) is 1.96. The molecule has 1 atom stereocenters. The Kier molecular flexibility index (Phi) is 4.96. The zero-order valence-corrected chi connectivity index (χ0v) is 18.7. The maximum Gasteiger partial charge on any atom is 0.264 e. The van der Waals surface area contributed by atoms with Crippen molar-refractivity contribution in [1.82, 2.24) is 9.12 Å². The van der Waals surface area contributed by atoms with E-state index in [1.54, 1.807) is 25.2 Å². The van der Waals surface area contributed by atoms with E-state index in [4.69, 9.17) is 0 Å². The van der Waals surface area contributed by atoms with Gasteiger partial charge < -0.3 is 0 Å². The minimum Gasteiger partial charge on any atom is -0.271 e. The lowest BCUT2D eigenvalue weighted by molar-refractivity contribution is 0.504. The maximum atomic E-state index is 13.5. The van der Waals surface area contributed by atoms with Crippen LogP contribution >= 0.6 is 11.3 Å². The number of hydrogen-bond acceptors (Lipinski definition) is 4. The van der Waals surface area contributed by atoms with Crippen LogP contribution < -0.4 is 10.3 Å². The fourth-order valence-electron chi connectivity index (χ4n) is 3.55. The van der Waals surface area contributed by atoms with E-state index in [-0.39, 0.29) is 11.5 Å². The lowest BCUT2D eigenvalue weighted by Gasteiger charge is -2.27. The number of aromatic nitrogens is 1. The SMILES string of the molecule is Cc1csc2cc(C(NS(=O)(=O)C(C)(C)C)C3CC3)c(-c3ccccc3)c(=O)n12. The third-order valence-electron chi connectivity index (χ3n) is 5.49. The van der Waals surface area contributed by atoms with E-state index >= 15 is 0 Å². The van der Waals surface area contributed by atoms with E-state index < -0.39 is 20.8 Å². The third-order valence-corrected chi connectivity index (χ3v) is 8.66. The van der Waals surface area contributed by atoms with Gasteiger partial charge in [-0.3, -0.25) is 9.20 Å². The van der Waals surface area contributed by atoms with Crippen LogP contribution in [0.5, 0.6) is 0 Å². The molecular formula is C22H26N2O3S2. The Balaban J connectivity index is 1.97. The summed E-state index contributed by atoms with van der Waals surface area (Å²) in [4.78, 5) is 14.4. The van der Waals surface area contributed by atoms with Gasteiger partial charge in [0.05, 0.1) is 16.4 Å². The first-order valence-electron chi connectivity index (χ1n) is 9.81. The van der Waals surface area contributed by atoms with Crippen LogP contribution in [0.2, 0.25) is 0 Å². The molecule has 3 aromatic rings. The van der Waals surface area contributed by atoms with Gasteiger partial charge in [0, 0.05) is 11.1 Å². The monoisotopic (exact) mass is 430 g/mol. The minimum atomic E-state index is -3.57. The number of fused-ring (bicyclic) bond motifs is 1. The largest absolute Gasteiger partial charge is 0.271 e. The minimum absolute atomic E-state index is 0.0944. The van der Waals surface area contributed by atoms with Gasteiger partial charge in [-0.15, -0.1) is 11.3 Å². The highest BCUT2D eigenvalue weighted by molar-refractivity contribution is 7.90. The fourth-order valence-corrected chi connectivity index (χ4v) is 5.48. The van der Waals surface area contributed by atoms with Crippen LogP contribution in [-0.4, -0.2) is 17.6 Å². The summed E-state index contributed by atoms with van der Waals surface area (Å²) in [5.74, 6) is 0.206. The molecule has 2 aromatic heterocycles. The van der Waals surface area contributed by atoms with Crippen molar-refractivity contribution in [1.29, 1.82) is 0 Å². The molecule has 1 unspecified atom stereocenters. The topological polar surface area (TPSA) is 67.7 Å². The summed E-state index contributed by atoms with van der Waals surface area (Å²) in [7, 11) is -3.57. The van der Waals surface area contributed by atoms with Crippen LogP contribution in [0.4, 0.5) is 0 Å². The Labute approximate surface area is 175 Å². The molecule has 5 nitrogen and oxygen atoms in total. The van der Waals surface area contributed by atoms with Gasteiger partial charge in [0.2, 0.25) is 10.0 Å². The Bertz CT molecular complexity index is 1210. The number of rotatable bonds is 5. The van der Waals surface area contributed by atoms with Gasteiger partial charge in [-0.05, 0) is 63.6 Å². The van der Waals surface area contributed by atoms with Gasteiger partial charge in [-0.25, -0.2) is 13.1 Å². The highest BCUT2D eigenvalue weighted by atomic mass is 32.2. The molecule has 0 radical (unpaired) electrons. The molecule has 0 bridgehead atoms. The van der Waals surface area contributed by atoms with Crippen molar-refractivity contribution in [2.45, 2.75) is 51.3 Å². The van der Waals surface area contributed by atoms with Crippen molar-refractivity contribution < 1.29 is 8.42 Å². The number of nitrogens with one attached hydrogen (secondary N) is 1. The van der Waals surface area contributed by atoms with Crippen molar-refractivity contribution in [2.24, 2.45) is 5.92 Å². The average molecular weight is 431 g/mol. The molecule has 1 aliphatic carbocycles. The summed E-state index contributed by atoms with van der Waals surface area (Å²) in [6.07, 6.45) is 1.91. The third kappa shape index (κ3) is 3.67. The molecule has 0 spiro atoms. The van der Waals surface area contributed by atoms with Gasteiger partial charge in [0.15, 0.2) is 0 Å². The molecule has 2 heterocycles. The summed E-state index contributed by atoms with van der Waals surface area (Å²) in [6, 6.07) is 11.1. The van der Waals surface area contributed by atoms with Crippen molar-refractivity contribution in [2.75, 3.05) is 0 Å². The Morgan fingerprint density at radius 3 is 2.41 bits per heavy atom. The Morgan fingerprint density at radius 1 is 1.17 bits per heavy atom. The van der Waals surface area contributed by atoms with Gasteiger partial charge in [-0.2, -0.15) is 0 Å². The molecule has 29 heavy (non-hydrogen) atoms. The number of nitrogens with zero attached hydrogens (tertiary/aromatic N) is 1. The summed E-state index contributed by atoms with van der Waals surface area (Å²) in [6.45, 7) is 6.99.